The zero-order valence-corrected chi connectivity index (χ0v) is 9.35. The van der Waals surface area contributed by atoms with Crippen molar-refractivity contribution in [3.63, 3.8) is 0 Å². The van der Waals surface area contributed by atoms with Crippen molar-refractivity contribution >= 4 is 11.8 Å². The molecule has 0 aromatic heterocycles. The second-order valence-corrected chi connectivity index (χ2v) is 3.72. The third-order valence-electron chi connectivity index (χ3n) is 2.33. The molecule has 7 N–H and O–H groups in total. The van der Waals surface area contributed by atoms with E-state index in [-0.39, 0.29) is 0 Å². The van der Waals surface area contributed by atoms with Crippen LogP contribution in [0.4, 0.5) is 0 Å². The molecule has 92 valence electrons. The molecule has 0 heterocycles. The number of nitrogens with two attached hydrogens (primary N) is 3. The lowest BCUT2D eigenvalue weighted by Gasteiger charge is -2.19. The summed E-state index contributed by atoms with van der Waals surface area (Å²) in [5, 5.41) is 2.46. The fourth-order valence-electron chi connectivity index (χ4n) is 1.22. The van der Waals surface area contributed by atoms with Crippen LogP contribution < -0.4 is 22.5 Å². The van der Waals surface area contributed by atoms with Crippen LogP contribution in [0.5, 0.6) is 0 Å². The molecule has 1 rings (SSSR count). The summed E-state index contributed by atoms with van der Waals surface area (Å²) in [6, 6.07) is 9.56. The van der Waals surface area contributed by atoms with E-state index in [0.717, 1.165) is 5.56 Å². The van der Waals surface area contributed by atoms with Gasteiger partial charge in [-0.3, -0.25) is 21.1 Å². The molecule has 0 spiro atoms. The molecule has 6 heteroatoms. The van der Waals surface area contributed by atoms with Crippen molar-refractivity contribution < 1.29 is 9.59 Å². The molecule has 0 aliphatic heterocycles. The molecule has 0 aliphatic rings. The van der Waals surface area contributed by atoms with Crippen LogP contribution in [-0.2, 0) is 16.0 Å². The largest absolute Gasteiger partial charge is 0.366 e. The van der Waals surface area contributed by atoms with Crippen LogP contribution in [0.25, 0.3) is 0 Å². The Balaban J connectivity index is 2.42. The lowest BCUT2D eigenvalue weighted by atomic mass is 10.1. The number of carbonyl (C=O) groups excluding carboxylic acids is 2. The van der Waals surface area contributed by atoms with Gasteiger partial charge in [-0.1, -0.05) is 30.3 Å². The third kappa shape index (κ3) is 3.54. The van der Waals surface area contributed by atoms with Crippen LogP contribution in [0.3, 0.4) is 0 Å². The van der Waals surface area contributed by atoms with Crippen molar-refractivity contribution in [2.24, 2.45) is 17.2 Å². The van der Waals surface area contributed by atoms with Crippen molar-refractivity contribution in [3.8, 4) is 0 Å². The van der Waals surface area contributed by atoms with Crippen LogP contribution >= 0.6 is 0 Å². The van der Waals surface area contributed by atoms with Gasteiger partial charge in [-0.25, -0.2) is 0 Å². The van der Waals surface area contributed by atoms with Gasteiger partial charge in [0.25, 0.3) is 11.8 Å². The maximum atomic E-state index is 11.4. The minimum Gasteiger partial charge on any atom is -0.366 e. The zero-order chi connectivity index (χ0) is 12.9. The Kier molecular flexibility index (Phi) is 4.19. The molecule has 1 aromatic carbocycles. The van der Waals surface area contributed by atoms with Gasteiger partial charge in [-0.05, 0) is 12.0 Å². The molecule has 0 atom stereocenters. The maximum Gasteiger partial charge on any atom is 0.264 e. The number of primary amides is 1. The molecule has 6 nitrogen and oxygen atoms in total. The minimum atomic E-state index is -2.16. The predicted octanol–water partition coefficient (Wildman–Crippen LogP) is -1.56. The van der Waals surface area contributed by atoms with E-state index in [2.05, 4.69) is 5.32 Å². The Hall–Kier alpha value is -1.92. The second kappa shape index (κ2) is 5.42. The molecule has 2 amide bonds. The first-order valence-electron chi connectivity index (χ1n) is 5.14. The highest BCUT2D eigenvalue weighted by atomic mass is 16.2. The Labute approximate surface area is 99.1 Å². The number of hydrogen-bond acceptors (Lipinski definition) is 4. The van der Waals surface area contributed by atoms with Crippen LogP contribution in [0.15, 0.2) is 30.3 Å². The van der Waals surface area contributed by atoms with E-state index >= 15 is 0 Å². The quantitative estimate of drug-likeness (QED) is 0.364. The molecule has 17 heavy (non-hydrogen) atoms. The SMILES string of the molecule is NC(=O)C(N)(N)C(=O)NCCc1ccccc1. The van der Waals surface area contributed by atoms with Gasteiger partial charge in [0, 0.05) is 6.54 Å². The van der Waals surface area contributed by atoms with Gasteiger partial charge in [0.15, 0.2) is 0 Å². The van der Waals surface area contributed by atoms with Gasteiger partial charge < -0.3 is 11.1 Å². The van der Waals surface area contributed by atoms with Crippen LogP contribution in [-0.4, -0.2) is 24.0 Å². The summed E-state index contributed by atoms with van der Waals surface area (Å²) in [5.41, 5.74) is 14.4. The van der Waals surface area contributed by atoms with Crippen LogP contribution in [0.1, 0.15) is 5.56 Å². The van der Waals surface area contributed by atoms with Gasteiger partial charge >= 0.3 is 0 Å². The van der Waals surface area contributed by atoms with E-state index in [0.29, 0.717) is 13.0 Å². The van der Waals surface area contributed by atoms with E-state index in [4.69, 9.17) is 17.2 Å². The Morgan fingerprint density at radius 3 is 2.29 bits per heavy atom. The molecule has 0 radical (unpaired) electrons. The fourth-order valence-corrected chi connectivity index (χ4v) is 1.22. The number of hydrogen-bond donors (Lipinski definition) is 4. The highest BCUT2D eigenvalue weighted by Gasteiger charge is 2.35. The smallest absolute Gasteiger partial charge is 0.264 e. The average Bonchev–Trinajstić information content (AvgIpc) is 2.30. The number of benzene rings is 1. The topological polar surface area (TPSA) is 124 Å². The molecular formula is C11H16N4O2. The average molecular weight is 236 g/mol. The van der Waals surface area contributed by atoms with Crippen molar-refractivity contribution in [3.05, 3.63) is 35.9 Å². The molecule has 0 aliphatic carbocycles. The number of rotatable bonds is 5. The third-order valence-corrected chi connectivity index (χ3v) is 2.33. The number of carbonyl (C=O) groups is 2. The lowest BCUT2D eigenvalue weighted by Crippen LogP contribution is -2.68. The van der Waals surface area contributed by atoms with E-state index in [1.807, 2.05) is 30.3 Å². The van der Waals surface area contributed by atoms with Gasteiger partial charge in [0.1, 0.15) is 0 Å². The summed E-state index contributed by atoms with van der Waals surface area (Å²) >= 11 is 0. The van der Waals surface area contributed by atoms with Crippen molar-refractivity contribution in [2.75, 3.05) is 6.54 Å². The van der Waals surface area contributed by atoms with Gasteiger partial charge in [0.2, 0.25) is 5.66 Å². The standard InChI is InChI=1S/C11H16N4O2/c12-9(16)11(13,14)10(17)15-7-6-8-4-2-1-3-5-8/h1-5H,6-7,13-14H2,(H2,12,16)(H,15,17). The second-order valence-electron chi connectivity index (χ2n) is 3.72. The van der Waals surface area contributed by atoms with Crippen molar-refractivity contribution in [1.82, 2.24) is 5.32 Å². The van der Waals surface area contributed by atoms with Gasteiger partial charge in [0.05, 0.1) is 0 Å². The first-order valence-corrected chi connectivity index (χ1v) is 5.14. The summed E-state index contributed by atoms with van der Waals surface area (Å²) in [5.74, 6) is -1.84. The summed E-state index contributed by atoms with van der Waals surface area (Å²) in [7, 11) is 0. The first kappa shape index (κ1) is 13.1. The Morgan fingerprint density at radius 2 is 1.76 bits per heavy atom. The van der Waals surface area contributed by atoms with Crippen molar-refractivity contribution in [1.29, 1.82) is 0 Å². The predicted molar refractivity (Wildman–Crippen MR) is 63.5 cm³/mol. The molecule has 0 unspecified atom stereocenters. The fraction of sp³-hybridized carbons (Fsp3) is 0.273. The molecule has 0 bridgehead atoms. The maximum absolute atomic E-state index is 11.4. The van der Waals surface area contributed by atoms with E-state index < -0.39 is 17.5 Å². The van der Waals surface area contributed by atoms with E-state index in [9.17, 15) is 9.59 Å². The van der Waals surface area contributed by atoms with Gasteiger partial charge in [-0.15, -0.1) is 0 Å². The molecule has 0 fully saturated rings. The molecule has 0 saturated carbocycles. The normalized spacial score (nSPS) is 10.9. The Morgan fingerprint density at radius 1 is 1.18 bits per heavy atom. The van der Waals surface area contributed by atoms with E-state index in [1.165, 1.54) is 0 Å². The summed E-state index contributed by atoms with van der Waals surface area (Å²) in [6.45, 7) is 0.340. The zero-order valence-electron chi connectivity index (χ0n) is 9.35. The van der Waals surface area contributed by atoms with Gasteiger partial charge in [-0.2, -0.15) is 0 Å². The first-order chi connectivity index (χ1) is 7.94. The highest BCUT2D eigenvalue weighted by molar-refractivity contribution is 6.07. The summed E-state index contributed by atoms with van der Waals surface area (Å²) in [4.78, 5) is 22.2. The Bertz CT molecular complexity index is 403. The highest BCUT2D eigenvalue weighted by Crippen LogP contribution is 1.98. The molecule has 1 aromatic rings. The number of nitrogens with one attached hydrogen (secondary N) is 1. The molecule has 0 saturated heterocycles. The van der Waals surface area contributed by atoms with Crippen molar-refractivity contribution in [2.45, 2.75) is 12.1 Å². The van der Waals surface area contributed by atoms with Crippen LogP contribution in [0.2, 0.25) is 0 Å². The monoisotopic (exact) mass is 236 g/mol. The number of amides is 2. The van der Waals surface area contributed by atoms with Crippen LogP contribution in [0, 0.1) is 0 Å². The minimum absolute atomic E-state index is 0.340. The molecular weight excluding hydrogens is 220 g/mol. The van der Waals surface area contributed by atoms with E-state index in [1.54, 1.807) is 0 Å². The lowest BCUT2D eigenvalue weighted by molar-refractivity contribution is -0.135. The summed E-state index contributed by atoms with van der Waals surface area (Å²) in [6.07, 6.45) is 0.626. The summed E-state index contributed by atoms with van der Waals surface area (Å²) < 4.78 is 0.